The molecule has 0 saturated heterocycles. The van der Waals surface area contributed by atoms with E-state index in [9.17, 15) is 9.90 Å². The normalized spacial score (nSPS) is 10.8. The molecule has 112 valence electrons. The summed E-state index contributed by atoms with van der Waals surface area (Å²) in [7, 11) is 0. The predicted octanol–water partition coefficient (Wildman–Crippen LogP) is 3.67. The highest BCUT2D eigenvalue weighted by atomic mass is 35.5. The van der Waals surface area contributed by atoms with Gasteiger partial charge in [0.15, 0.2) is 0 Å². The van der Waals surface area contributed by atoms with Gasteiger partial charge in [0.2, 0.25) is 5.95 Å². The Balaban J connectivity index is 1.99. The summed E-state index contributed by atoms with van der Waals surface area (Å²) in [6, 6.07) is 12.0. The van der Waals surface area contributed by atoms with Crippen LogP contribution in [0.5, 0.6) is 5.75 Å². The molecule has 0 bridgehead atoms. The van der Waals surface area contributed by atoms with Crippen LogP contribution in [0.4, 0.5) is 5.95 Å². The molecule has 3 aromatic rings. The molecule has 0 atom stereocenters. The summed E-state index contributed by atoms with van der Waals surface area (Å²) in [4.78, 5) is 16.8. The number of phenolic OH excluding ortho intramolecular Hbond substituents is 1. The number of aromatic nitrogens is 2. The molecule has 2 aromatic carbocycles. The molecule has 0 fully saturated rings. The molecule has 3 rings (SSSR count). The Morgan fingerprint density at radius 2 is 2.09 bits per heavy atom. The molecule has 0 aliphatic carbocycles. The number of aromatic hydroxyl groups is 1. The van der Waals surface area contributed by atoms with Gasteiger partial charge in [-0.25, -0.2) is 4.98 Å². The minimum absolute atomic E-state index is 0.113. The molecular weight excluding hydrogens is 302 g/mol. The van der Waals surface area contributed by atoms with E-state index in [0.29, 0.717) is 17.5 Å². The van der Waals surface area contributed by atoms with E-state index in [-0.39, 0.29) is 11.3 Å². The van der Waals surface area contributed by atoms with E-state index in [2.05, 4.69) is 10.3 Å². The number of halogens is 1. The Bertz CT molecular complexity index is 858. The van der Waals surface area contributed by atoms with E-state index < -0.39 is 5.91 Å². The Morgan fingerprint density at radius 3 is 2.86 bits per heavy atom. The summed E-state index contributed by atoms with van der Waals surface area (Å²) < 4.78 is 1.90. The lowest BCUT2D eigenvalue weighted by atomic mass is 10.2. The number of nitrogens with zero attached hydrogens (tertiary/aromatic N) is 2. The minimum atomic E-state index is -0.454. The lowest BCUT2D eigenvalue weighted by molar-refractivity contribution is 0.102. The van der Waals surface area contributed by atoms with Gasteiger partial charge >= 0.3 is 0 Å². The number of para-hydroxylation sites is 2. The van der Waals surface area contributed by atoms with Crippen LogP contribution < -0.4 is 5.32 Å². The van der Waals surface area contributed by atoms with Crippen LogP contribution in [0.1, 0.15) is 17.3 Å². The molecule has 1 amide bonds. The molecule has 6 heteroatoms. The number of anilines is 1. The first-order valence-corrected chi connectivity index (χ1v) is 7.23. The molecule has 1 heterocycles. The number of phenols is 1. The number of rotatable bonds is 3. The van der Waals surface area contributed by atoms with E-state index in [1.807, 2.05) is 35.8 Å². The van der Waals surface area contributed by atoms with Crippen molar-refractivity contribution < 1.29 is 9.90 Å². The molecule has 0 saturated carbocycles. The number of hydrogen-bond acceptors (Lipinski definition) is 3. The summed E-state index contributed by atoms with van der Waals surface area (Å²) in [5.74, 6) is -0.140. The highest BCUT2D eigenvalue weighted by molar-refractivity contribution is 6.31. The third-order valence-corrected chi connectivity index (χ3v) is 3.63. The molecule has 2 N–H and O–H groups in total. The zero-order valence-electron chi connectivity index (χ0n) is 11.9. The highest BCUT2D eigenvalue weighted by Gasteiger charge is 2.16. The molecule has 5 nitrogen and oxygen atoms in total. The monoisotopic (exact) mass is 315 g/mol. The number of carbonyl (C=O) groups is 1. The summed E-state index contributed by atoms with van der Waals surface area (Å²) in [6.07, 6.45) is 0. The zero-order chi connectivity index (χ0) is 15.7. The lowest BCUT2D eigenvalue weighted by Crippen LogP contribution is -2.16. The summed E-state index contributed by atoms with van der Waals surface area (Å²) in [5.41, 5.74) is 1.85. The fraction of sp³-hybridized carbons (Fsp3) is 0.125. The van der Waals surface area contributed by atoms with Crippen LogP contribution in [-0.4, -0.2) is 20.6 Å². The number of amides is 1. The van der Waals surface area contributed by atoms with Gasteiger partial charge in [0, 0.05) is 11.6 Å². The maximum atomic E-state index is 12.3. The molecule has 0 radical (unpaired) electrons. The third kappa shape index (κ3) is 2.51. The Kier molecular flexibility index (Phi) is 3.73. The summed E-state index contributed by atoms with van der Waals surface area (Å²) in [6.45, 7) is 2.64. The van der Waals surface area contributed by atoms with Crippen LogP contribution in [0.15, 0.2) is 42.5 Å². The topological polar surface area (TPSA) is 67.2 Å². The summed E-state index contributed by atoms with van der Waals surface area (Å²) >= 11 is 5.87. The number of benzene rings is 2. The standard InChI is InChI=1S/C16H14ClN3O2/c1-2-20-13-6-4-3-5-12(13)18-16(20)19-15(22)11-9-10(17)7-8-14(11)21/h3-9,21H,2H2,1H3,(H,18,19,22). The van der Waals surface area contributed by atoms with E-state index in [1.54, 1.807) is 0 Å². The summed E-state index contributed by atoms with van der Waals surface area (Å²) in [5, 5.41) is 12.9. The molecule has 0 aliphatic heterocycles. The van der Waals surface area contributed by atoms with Crippen molar-refractivity contribution in [2.45, 2.75) is 13.5 Å². The van der Waals surface area contributed by atoms with Gasteiger partial charge in [-0.1, -0.05) is 23.7 Å². The van der Waals surface area contributed by atoms with Gasteiger partial charge in [0.25, 0.3) is 5.91 Å². The molecule has 0 unspecified atom stereocenters. The number of carbonyl (C=O) groups excluding carboxylic acids is 1. The smallest absolute Gasteiger partial charge is 0.261 e. The Hall–Kier alpha value is -2.53. The number of imidazole rings is 1. The van der Waals surface area contributed by atoms with Crippen LogP contribution in [0, 0.1) is 0 Å². The van der Waals surface area contributed by atoms with Crippen molar-refractivity contribution in [3.8, 4) is 5.75 Å². The van der Waals surface area contributed by atoms with Crippen molar-refractivity contribution in [2.75, 3.05) is 5.32 Å². The van der Waals surface area contributed by atoms with Gasteiger partial charge in [0.05, 0.1) is 16.6 Å². The predicted molar refractivity (Wildman–Crippen MR) is 86.5 cm³/mol. The third-order valence-electron chi connectivity index (χ3n) is 3.40. The van der Waals surface area contributed by atoms with E-state index in [0.717, 1.165) is 11.0 Å². The zero-order valence-corrected chi connectivity index (χ0v) is 12.6. The number of hydrogen-bond donors (Lipinski definition) is 2. The van der Waals surface area contributed by atoms with Crippen molar-refractivity contribution >= 4 is 34.5 Å². The first kappa shape index (κ1) is 14.4. The van der Waals surface area contributed by atoms with Crippen LogP contribution in [0.3, 0.4) is 0 Å². The Labute approximate surface area is 132 Å². The quantitative estimate of drug-likeness (QED) is 0.775. The average molecular weight is 316 g/mol. The maximum absolute atomic E-state index is 12.3. The van der Waals surface area contributed by atoms with Gasteiger partial charge < -0.3 is 9.67 Å². The number of aryl methyl sites for hydroxylation is 1. The van der Waals surface area contributed by atoms with Crippen LogP contribution >= 0.6 is 11.6 Å². The highest BCUT2D eigenvalue weighted by Crippen LogP contribution is 2.24. The fourth-order valence-electron chi connectivity index (χ4n) is 2.35. The van der Waals surface area contributed by atoms with Crippen LogP contribution in [0.25, 0.3) is 11.0 Å². The minimum Gasteiger partial charge on any atom is -0.507 e. The van der Waals surface area contributed by atoms with Crippen LogP contribution in [0.2, 0.25) is 5.02 Å². The van der Waals surface area contributed by atoms with Gasteiger partial charge in [-0.15, -0.1) is 0 Å². The molecule has 0 spiro atoms. The first-order valence-electron chi connectivity index (χ1n) is 6.85. The van der Waals surface area contributed by atoms with Gasteiger partial charge in [-0.2, -0.15) is 0 Å². The second-order valence-corrected chi connectivity index (χ2v) is 5.22. The van der Waals surface area contributed by atoms with Crippen molar-refractivity contribution in [2.24, 2.45) is 0 Å². The van der Waals surface area contributed by atoms with Crippen molar-refractivity contribution in [3.05, 3.63) is 53.1 Å². The van der Waals surface area contributed by atoms with Crippen molar-refractivity contribution in [1.29, 1.82) is 0 Å². The number of nitrogens with one attached hydrogen (secondary N) is 1. The van der Waals surface area contributed by atoms with Crippen molar-refractivity contribution in [3.63, 3.8) is 0 Å². The fourth-order valence-corrected chi connectivity index (χ4v) is 2.52. The Morgan fingerprint density at radius 1 is 1.32 bits per heavy atom. The molecule has 0 aliphatic rings. The first-order chi connectivity index (χ1) is 10.6. The SMILES string of the molecule is CCn1c(NC(=O)c2cc(Cl)ccc2O)nc2ccccc21. The van der Waals surface area contributed by atoms with Gasteiger partial charge in [0.1, 0.15) is 5.75 Å². The second kappa shape index (κ2) is 5.69. The largest absolute Gasteiger partial charge is 0.507 e. The lowest BCUT2D eigenvalue weighted by Gasteiger charge is -2.09. The van der Waals surface area contributed by atoms with E-state index in [4.69, 9.17) is 11.6 Å². The molecular formula is C16H14ClN3O2. The maximum Gasteiger partial charge on any atom is 0.261 e. The molecule has 1 aromatic heterocycles. The van der Waals surface area contributed by atoms with E-state index in [1.165, 1.54) is 18.2 Å². The van der Waals surface area contributed by atoms with Gasteiger partial charge in [-0.3, -0.25) is 10.1 Å². The van der Waals surface area contributed by atoms with E-state index >= 15 is 0 Å². The van der Waals surface area contributed by atoms with Crippen molar-refractivity contribution in [1.82, 2.24) is 9.55 Å². The van der Waals surface area contributed by atoms with Gasteiger partial charge in [-0.05, 0) is 37.3 Å². The van der Waals surface area contributed by atoms with Crippen LogP contribution in [-0.2, 0) is 6.54 Å². The number of fused-ring (bicyclic) bond motifs is 1. The average Bonchev–Trinajstić information content (AvgIpc) is 2.86. The second-order valence-electron chi connectivity index (χ2n) is 4.78. The molecule has 22 heavy (non-hydrogen) atoms.